The van der Waals surface area contributed by atoms with Crippen molar-refractivity contribution >= 4 is 11.7 Å². The third-order valence-electron chi connectivity index (χ3n) is 3.78. The molecule has 7 nitrogen and oxygen atoms in total. The summed E-state index contributed by atoms with van der Waals surface area (Å²) in [6.07, 6.45) is 2.94. The van der Waals surface area contributed by atoms with Crippen molar-refractivity contribution in [1.29, 1.82) is 0 Å². The molecule has 0 saturated heterocycles. The van der Waals surface area contributed by atoms with Crippen LogP contribution in [0.15, 0.2) is 43.0 Å². The number of carbonyl (C=O) groups is 1. The number of carbonyl (C=O) groups excluding carboxylic acids is 1. The van der Waals surface area contributed by atoms with Gasteiger partial charge in [0, 0.05) is 6.07 Å². The van der Waals surface area contributed by atoms with Crippen LogP contribution < -0.4 is 5.32 Å². The van der Waals surface area contributed by atoms with Gasteiger partial charge in [0.25, 0.3) is 0 Å². The smallest absolute Gasteiger partial charge is 0.250 e. The first-order valence-corrected chi connectivity index (χ1v) is 7.78. The SMILES string of the molecule is Cc1cccc(Cn2nc(C)cc2NC(=O)C(C)n2cncn2)c1. The number of nitrogens with zero attached hydrogens (tertiary/aromatic N) is 5. The average molecular weight is 324 g/mol. The Labute approximate surface area is 140 Å². The summed E-state index contributed by atoms with van der Waals surface area (Å²) < 4.78 is 3.32. The number of hydrogen-bond donors (Lipinski definition) is 1. The summed E-state index contributed by atoms with van der Waals surface area (Å²) in [7, 11) is 0. The van der Waals surface area contributed by atoms with E-state index >= 15 is 0 Å². The minimum absolute atomic E-state index is 0.161. The number of aryl methyl sites for hydroxylation is 2. The van der Waals surface area contributed by atoms with Crippen LogP contribution in [0.3, 0.4) is 0 Å². The van der Waals surface area contributed by atoms with Crippen LogP contribution >= 0.6 is 0 Å². The van der Waals surface area contributed by atoms with Crippen molar-refractivity contribution in [1.82, 2.24) is 24.5 Å². The van der Waals surface area contributed by atoms with Crippen molar-refractivity contribution in [2.24, 2.45) is 0 Å². The fourth-order valence-electron chi connectivity index (χ4n) is 2.52. The number of aromatic nitrogens is 5. The number of hydrogen-bond acceptors (Lipinski definition) is 4. The highest BCUT2D eigenvalue weighted by Gasteiger charge is 2.18. The summed E-state index contributed by atoms with van der Waals surface area (Å²) in [5, 5.41) is 11.4. The second-order valence-electron chi connectivity index (χ2n) is 5.86. The van der Waals surface area contributed by atoms with Crippen molar-refractivity contribution < 1.29 is 4.79 Å². The van der Waals surface area contributed by atoms with Gasteiger partial charge in [0.1, 0.15) is 24.5 Å². The van der Waals surface area contributed by atoms with E-state index in [9.17, 15) is 4.79 Å². The molecule has 0 aliphatic heterocycles. The monoisotopic (exact) mass is 324 g/mol. The summed E-state index contributed by atoms with van der Waals surface area (Å²) in [6, 6.07) is 9.65. The molecule has 2 aromatic heterocycles. The normalized spacial score (nSPS) is 12.1. The van der Waals surface area contributed by atoms with E-state index in [1.54, 1.807) is 11.6 Å². The summed E-state index contributed by atoms with van der Waals surface area (Å²) in [6.45, 7) is 6.34. The molecule has 0 saturated carbocycles. The molecule has 0 fully saturated rings. The zero-order valence-corrected chi connectivity index (χ0v) is 14.0. The minimum Gasteiger partial charge on any atom is -0.309 e. The van der Waals surface area contributed by atoms with E-state index in [0.717, 1.165) is 11.3 Å². The topological polar surface area (TPSA) is 77.6 Å². The largest absolute Gasteiger partial charge is 0.309 e. The van der Waals surface area contributed by atoms with Crippen LogP contribution in [0.4, 0.5) is 5.82 Å². The van der Waals surface area contributed by atoms with Crippen molar-refractivity contribution in [3.63, 3.8) is 0 Å². The highest BCUT2D eigenvalue weighted by Crippen LogP contribution is 2.16. The molecule has 0 spiro atoms. The van der Waals surface area contributed by atoms with E-state index in [1.165, 1.54) is 22.9 Å². The highest BCUT2D eigenvalue weighted by molar-refractivity contribution is 5.92. The Hall–Kier alpha value is -2.96. The van der Waals surface area contributed by atoms with Gasteiger partial charge in [-0.2, -0.15) is 10.2 Å². The van der Waals surface area contributed by atoms with Crippen LogP contribution in [-0.4, -0.2) is 30.5 Å². The Morgan fingerprint density at radius 2 is 2.12 bits per heavy atom. The number of anilines is 1. The molecule has 0 aliphatic rings. The molecular formula is C17H20N6O. The molecule has 1 amide bonds. The lowest BCUT2D eigenvalue weighted by Gasteiger charge is -2.13. The fourth-order valence-corrected chi connectivity index (χ4v) is 2.52. The van der Waals surface area contributed by atoms with Gasteiger partial charge < -0.3 is 5.32 Å². The lowest BCUT2D eigenvalue weighted by Crippen LogP contribution is -2.25. The molecular weight excluding hydrogens is 304 g/mol. The predicted molar refractivity (Wildman–Crippen MR) is 90.6 cm³/mol. The number of amides is 1. The lowest BCUT2D eigenvalue weighted by atomic mass is 10.1. The maximum atomic E-state index is 12.4. The van der Waals surface area contributed by atoms with Crippen LogP contribution in [-0.2, 0) is 11.3 Å². The standard InChI is InChI=1S/C17H20N6O/c1-12-5-4-6-15(7-12)9-22-16(8-13(2)21-22)20-17(24)14(3)23-11-18-10-19-23/h4-8,10-11,14H,9H2,1-3H3,(H,20,24). The van der Waals surface area contributed by atoms with E-state index in [1.807, 2.05) is 25.1 Å². The maximum Gasteiger partial charge on any atom is 0.250 e. The second kappa shape index (κ2) is 6.66. The Kier molecular flexibility index (Phi) is 4.41. The second-order valence-corrected chi connectivity index (χ2v) is 5.86. The third-order valence-corrected chi connectivity index (χ3v) is 3.78. The van der Waals surface area contributed by atoms with Crippen LogP contribution in [0.5, 0.6) is 0 Å². The zero-order chi connectivity index (χ0) is 17.1. The third kappa shape index (κ3) is 3.51. The average Bonchev–Trinajstić information content (AvgIpc) is 3.17. The van der Waals surface area contributed by atoms with Crippen LogP contribution in [0.25, 0.3) is 0 Å². The van der Waals surface area contributed by atoms with Gasteiger partial charge in [-0.05, 0) is 26.3 Å². The Bertz CT molecular complexity index is 837. The van der Waals surface area contributed by atoms with Gasteiger partial charge in [0.2, 0.25) is 5.91 Å². The van der Waals surface area contributed by atoms with Crippen molar-refractivity contribution in [2.45, 2.75) is 33.4 Å². The van der Waals surface area contributed by atoms with Gasteiger partial charge in [-0.25, -0.2) is 14.3 Å². The van der Waals surface area contributed by atoms with E-state index < -0.39 is 6.04 Å². The van der Waals surface area contributed by atoms with E-state index in [2.05, 4.69) is 39.6 Å². The van der Waals surface area contributed by atoms with Crippen molar-refractivity contribution in [2.75, 3.05) is 5.32 Å². The molecule has 1 atom stereocenters. The van der Waals surface area contributed by atoms with Gasteiger partial charge in [0.15, 0.2) is 0 Å². The molecule has 0 bridgehead atoms. The minimum atomic E-state index is -0.449. The highest BCUT2D eigenvalue weighted by atomic mass is 16.2. The van der Waals surface area contributed by atoms with E-state index in [-0.39, 0.29) is 5.91 Å². The molecule has 0 radical (unpaired) electrons. The van der Waals surface area contributed by atoms with Gasteiger partial charge in [-0.15, -0.1) is 0 Å². The van der Waals surface area contributed by atoms with Gasteiger partial charge in [-0.1, -0.05) is 29.8 Å². The first-order valence-electron chi connectivity index (χ1n) is 7.78. The van der Waals surface area contributed by atoms with Crippen molar-refractivity contribution in [3.05, 3.63) is 59.8 Å². The zero-order valence-electron chi connectivity index (χ0n) is 14.0. The first-order chi connectivity index (χ1) is 11.5. The Balaban J connectivity index is 1.78. The molecule has 1 aromatic carbocycles. The van der Waals surface area contributed by atoms with Gasteiger partial charge in [-0.3, -0.25) is 4.79 Å². The maximum absolute atomic E-state index is 12.4. The molecule has 7 heteroatoms. The summed E-state index contributed by atoms with van der Waals surface area (Å²) in [4.78, 5) is 16.3. The number of benzene rings is 1. The van der Waals surface area contributed by atoms with Crippen LogP contribution in [0.2, 0.25) is 0 Å². The summed E-state index contributed by atoms with van der Waals surface area (Å²) >= 11 is 0. The van der Waals surface area contributed by atoms with Crippen LogP contribution in [0.1, 0.15) is 29.8 Å². The molecule has 24 heavy (non-hydrogen) atoms. The fraction of sp³-hybridized carbons (Fsp3) is 0.294. The first kappa shape index (κ1) is 15.9. The van der Waals surface area contributed by atoms with Crippen molar-refractivity contribution in [3.8, 4) is 0 Å². The molecule has 0 aliphatic carbocycles. The predicted octanol–water partition coefficient (Wildman–Crippen LogP) is 2.34. The van der Waals surface area contributed by atoms with Gasteiger partial charge >= 0.3 is 0 Å². The van der Waals surface area contributed by atoms with Gasteiger partial charge in [0.05, 0.1) is 12.2 Å². The summed E-state index contributed by atoms with van der Waals surface area (Å²) in [5.41, 5.74) is 3.19. The molecule has 1 unspecified atom stereocenters. The molecule has 124 valence electrons. The number of nitrogens with one attached hydrogen (secondary N) is 1. The number of rotatable bonds is 5. The lowest BCUT2D eigenvalue weighted by molar-refractivity contribution is -0.119. The van der Waals surface area contributed by atoms with E-state index in [4.69, 9.17) is 0 Å². The molecule has 3 aromatic rings. The molecule has 1 N–H and O–H groups in total. The molecule has 3 rings (SSSR count). The quantitative estimate of drug-likeness (QED) is 0.781. The van der Waals surface area contributed by atoms with E-state index in [0.29, 0.717) is 12.4 Å². The Morgan fingerprint density at radius 3 is 2.83 bits per heavy atom. The Morgan fingerprint density at radius 1 is 1.29 bits per heavy atom. The molecule has 2 heterocycles. The van der Waals surface area contributed by atoms with Crippen LogP contribution in [0, 0.1) is 13.8 Å². The summed E-state index contributed by atoms with van der Waals surface area (Å²) in [5.74, 6) is 0.511.